The number of hydrogen-bond acceptors (Lipinski definition) is 7. The molecule has 0 bridgehead atoms. The topological polar surface area (TPSA) is 73.6 Å². The van der Waals surface area contributed by atoms with Gasteiger partial charge in [-0.15, -0.1) is 11.8 Å². The van der Waals surface area contributed by atoms with Crippen molar-refractivity contribution in [2.24, 2.45) is 0 Å². The number of rotatable bonds is 5. The Kier molecular flexibility index (Phi) is 4.96. The van der Waals surface area contributed by atoms with E-state index in [2.05, 4.69) is 10.1 Å². The second kappa shape index (κ2) is 7.14. The minimum atomic E-state index is -0.320. The Labute approximate surface area is 146 Å². The van der Waals surface area contributed by atoms with Gasteiger partial charge in [0, 0.05) is 16.7 Å². The van der Waals surface area contributed by atoms with Gasteiger partial charge in [0.05, 0.1) is 5.75 Å². The van der Waals surface area contributed by atoms with E-state index in [0.717, 1.165) is 10.5 Å². The molecule has 8 heteroatoms. The van der Waals surface area contributed by atoms with Crippen LogP contribution in [-0.4, -0.2) is 26.3 Å². The Morgan fingerprint density at radius 2 is 2.12 bits per heavy atom. The maximum absolute atomic E-state index is 11.9. The molecule has 0 fully saturated rings. The summed E-state index contributed by atoms with van der Waals surface area (Å²) in [5.74, 6) is -0.0912. The van der Waals surface area contributed by atoms with Crippen LogP contribution in [0.15, 0.2) is 40.0 Å². The number of benzene rings is 1. The first kappa shape index (κ1) is 16.7. The van der Waals surface area contributed by atoms with E-state index in [1.807, 2.05) is 31.2 Å². The maximum Gasteiger partial charge on any atom is 0.316 e. The lowest BCUT2D eigenvalue weighted by Gasteiger charge is -2.05. The van der Waals surface area contributed by atoms with Crippen LogP contribution in [0.25, 0.3) is 4.96 Å². The molecule has 24 heavy (non-hydrogen) atoms. The van der Waals surface area contributed by atoms with Crippen molar-refractivity contribution < 1.29 is 9.53 Å². The average Bonchev–Trinajstić information content (AvgIpc) is 2.95. The van der Waals surface area contributed by atoms with Crippen LogP contribution in [0.3, 0.4) is 0 Å². The second-order valence-electron chi connectivity index (χ2n) is 5.14. The van der Waals surface area contributed by atoms with E-state index in [-0.39, 0.29) is 23.9 Å². The molecule has 6 nitrogen and oxygen atoms in total. The number of fused-ring (bicyclic) bond motifs is 1. The van der Waals surface area contributed by atoms with E-state index in [9.17, 15) is 9.59 Å². The lowest BCUT2D eigenvalue weighted by molar-refractivity contribution is -0.141. The first-order chi connectivity index (χ1) is 11.5. The molecule has 0 aliphatic heterocycles. The Balaban J connectivity index is 1.59. The van der Waals surface area contributed by atoms with Gasteiger partial charge in [0.15, 0.2) is 5.01 Å². The predicted octanol–water partition coefficient (Wildman–Crippen LogP) is 2.60. The summed E-state index contributed by atoms with van der Waals surface area (Å²) < 4.78 is 6.46. The number of ether oxygens (including phenoxy) is 1. The monoisotopic (exact) mass is 361 g/mol. The van der Waals surface area contributed by atoms with Crippen molar-refractivity contribution in [1.82, 2.24) is 14.6 Å². The smallest absolute Gasteiger partial charge is 0.316 e. The minimum Gasteiger partial charge on any atom is -0.458 e. The van der Waals surface area contributed by atoms with Crippen molar-refractivity contribution in [2.45, 2.75) is 25.3 Å². The number of carbonyl (C=O) groups is 1. The highest BCUT2D eigenvalue weighted by molar-refractivity contribution is 8.00. The van der Waals surface area contributed by atoms with Crippen LogP contribution >= 0.6 is 23.1 Å². The lowest BCUT2D eigenvalue weighted by atomic mass is 10.2. The highest BCUT2D eigenvalue weighted by Gasteiger charge is 2.11. The van der Waals surface area contributed by atoms with Crippen LogP contribution in [0.2, 0.25) is 0 Å². The summed E-state index contributed by atoms with van der Waals surface area (Å²) in [5, 5.41) is 4.68. The van der Waals surface area contributed by atoms with E-state index in [1.165, 1.54) is 33.7 Å². The number of aromatic nitrogens is 3. The molecular weight excluding hydrogens is 346 g/mol. The number of hydrogen-bond donors (Lipinski definition) is 0. The van der Waals surface area contributed by atoms with Crippen LogP contribution in [0.4, 0.5) is 0 Å². The molecule has 0 saturated carbocycles. The summed E-state index contributed by atoms with van der Waals surface area (Å²) in [6, 6.07) is 9.29. The van der Waals surface area contributed by atoms with E-state index in [0.29, 0.717) is 15.7 Å². The van der Waals surface area contributed by atoms with Gasteiger partial charge in [-0.25, -0.2) is 4.98 Å². The third-order valence-corrected chi connectivity index (χ3v) is 5.24. The molecule has 0 spiro atoms. The molecule has 2 aromatic heterocycles. The van der Waals surface area contributed by atoms with Crippen LogP contribution < -0.4 is 5.56 Å². The van der Waals surface area contributed by atoms with Gasteiger partial charge < -0.3 is 4.74 Å². The summed E-state index contributed by atoms with van der Waals surface area (Å²) >= 11 is 2.68. The largest absolute Gasteiger partial charge is 0.458 e. The number of esters is 1. The molecule has 124 valence electrons. The summed E-state index contributed by atoms with van der Waals surface area (Å²) in [4.78, 5) is 29.5. The molecule has 0 aliphatic carbocycles. The molecule has 2 heterocycles. The van der Waals surface area contributed by atoms with Crippen molar-refractivity contribution in [3.8, 4) is 0 Å². The third-order valence-electron chi connectivity index (χ3n) is 3.21. The van der Waals surface area contributed by atoms with E-state index >= 15 is 0 Å². The fraction of sp³-hybridized carbons (Fsp3) is 0.250. The summed E-state index contributed by atoms with van der Waals surface area (Å²) in [7, 11) is 0. The van der Waals surface area contributed by atoms with E-state index in [1.54, 1.807) is 6.92 Å². The molecule has 0 radical (unpaired) electrons. The molecule has 0 amide bonds. The second-order valence-corrected chi connectivity index (χ2v) is 7.20. The maximum atomic E-state index is 11.9. The quantitative estimate of drug-likeness (QED) is 0.514. The molecule has 0 atom stereocenters. The summed E-state index contributed by atoms with van der Waals surface area (Å²) in [5.41, 5.74) is 1.53. The SMILES string of the molecule is Cc1cc(=O)n2nc(COC(=O)CSc3ccccc3C)sc2n1. The van der Waals surface area contributed by atoms with Gasteiger partial charge in [0.1, 0.15) is 6.61 Å². The highest BCUT2D eigenvalue weighted by Crippen LogP contribution is 2.22. The first-order valence-electron chi connectivity index (χ1n) is 7.23. The highest BCUT2D eigenvalue weighted by atomic mass is 32.2. The van der Waals surface area contributed by atoms with E-state index < -0.39 is 0 Å². The Morgan fingerprint density at radius 1 is 1.33 bits per heavy atom. The lowest BCUT2D eigenvalue weighted by Crippen LogP contribution is -2.14. The zero-order valence-corrected chi connectivity index (χ0v) is 14.8. The fourth-order valence-electron chi connectivity index (χ4n) is 2.06. The molecule has 0 unspecified atom stereocenters. The molecular formula is C16H15N3O3S2. The standard InChI is InChI=1S/C16H15N3O3S2/c1-10-5-3-4-6-12(10)23-9-15(21)22-8-13-18-19-14(20)7-11(2)17-16(19)24-13/h3-7H,8-9H2,1-2H3. The van der Waals surface area contributed by atoms with Crippen molar-refractivity contribution in [3.05, 3.63) is 57.0 Å². The fourth-order valence-corrected chi connectivity index (χ4v) is 3.74. The van der Waals surface area contributed by atoms with Gasteiger partial charge in [-0.05, 0) is 25.5 Å². The third kappa shape index (κ3) is 3.82. The zero-order chi connectivity index (χ0) is 17.1. The van der Waals surface area contributed by atoms with Crippen LogP contribution in [0, 0.1) is 13.8 Å². The molecule has 0 saturated heterocycles. The molecule has 3 rings (SSSR count). The van der Waals surface area contributed by atoms with Crippen molar-refractivity contribution in [1.29, 1.82) is 0 Å². The predicted molar refractivity (Wildman–Crippen MR) is 93.6 cm³/mol. The van der Waals surface area contributed by atoms with Gasteiger partial charge in [-0.2, -0.15) is 9.61 Å². The number of carbonyl (C=O) groups excluding carboxylic acids is 1. The zero-order valence-electron chi connectivity index (χ0n) is 13.2. The van der Waals surface area contributed by atoms with Crippen molar-refractivity contribution in [3.63, 3.8) is 0 Å². The van der Waals surface area contributed by atoms with Gasteiger partial charge in [-0.1, -0.05) is 29.5 Å². The number of nitrogens with zero attached hydrogens (tertiary/aromatic N) is 3. The Hall–Kier alpha value is -2.19. The first-order valence-corrected chi connectivity index (χ1v) is 9.03. The van der Waals surface area contributed by atoms with Gasteiger partial charge in [0.2, 0.25) is 4.96 Å². The molecule has 0 aliphatic rings. The average molecular weight is 361 g/mol. The Morgan fingerprint density at radius 3 is 2.92 bits per heavy atom. The van der Waals surface area contributed by atoms with Crippen molar-refractivity contribution >= 4 is 34.0 Å². The van der Waals surface area contributed by atoms with E-state index in [4.69, 9.17) is 4.74 Å². The van der Waals surface area contributed by atoms with Gasteiger partial charge in [-0.3, -0.25) is 9.59 Å². The minimum absolute atomic E-state index is 0.0413. The van der Waals surface area contributed by atoms with Crippen LogP contribution in [0.5, 0.6) is 0 Å². The van der Waals surface area contributed by atoms with Crippen molar-refractivity contribution in [2.75, 3.05) is 5.75 Å². The number of aryl methyl sites for hydroxylation is 2. The van der Waals surface area contributed by atoms with Gasteiger partial charge in [0.25, 0.3) is 5.56 Å². The molecule has 1 aromatic carbocycles. The van der Waals surface area contributed by atoms with Crippen LogP contribution in [-0.2, 0) is 16.1 Å². The normalized spacial score (nSPS) is 10.9. The van der Waals surface area contributed by atoms with Gasteiger partial charge >= 0.3 is 5.97 Å². The molecule has 0 N–H and O–H groups in total. The van der Waals surface area contributed by atoms with Crippen LogP contribution in [0.1, 0.15) is 16.3 Å². The number of thioether (sulfide) groups is 1. The Bertz CT molecular complexity index is 949. The summed E-state index contributed by atoms with van der Waals surface area (Å²) in [6.45, 7) is 3.80. The molecule has 3 aromatic rings. The summed E-state index contributed by atoms with van der Waals surface area (Å²) in [6.07, 6.45) is 0.